The lowest BCUT2D eigenvalue weighted by atomic mass is 9.86. The minimum atomic E-state index is -0.549. The van der Waals surface area contributed by atoms with E-state index >= 15 is 0 Å². The van der Waals surface area contributed by atoms with E-state index in [9.17, 15) is 9.90 Å². The molecule has 0 aliphatic carbocycles. The predicted octanol–water partition coefficient (Wildman–Crippen LogP) is 6.69. The number of aromatic nitrogens is 1. The normalized spacial score (nSPS) is 12.1. The van der Waals surface area contributed by atoms with E-state index in [1.807, 2.05) is 25.1 Å². The predicted molar refractivity (Wildman–Crippen MR) is 120 cm³/mol. The molecule has 3 rings (SSSR count). The molecular weight excluding hydrogens is 502 g/mol. The van der Waals surface area contributed by atoms with Crippen molar-refractivity contribution in [3.05, 3.63) is 50.4 Å². The number of hydrogen-bond acceptors (Lipinski definition) is 4. The lowest BCUT2D eigenvalue weighted by molar-refractivity contribution is -0.120. The van der Waals surface area contributed by atoms with Crippen molar-refractivity contribution in [3.63, 3.8) is 0 Å². The highest BCUT2D eigenvalue weighted by Crippen LogP contribution is 2.40. The highest BCUT2D eigenvalue weighted by molar-refractivity contribution is 9.11. The maximum atomic E-state index is 12.1. The monoisotopic (exact) mass is 521 g/mol. The molecule has 3 aromatic rings. The van der Waals surface area contributed by atoms with Crippen LogP contribution in [0.25, 0.3) is 10.9 Å². The maximum Gasteiger partial charge on any atom is 0.302 e. The Kier molecular flexibility index (Phi) is 6.14. The van der Waals surface area contributed by atoms with E-state index in [1.165, 1.54) is 5.56 Å². The number of azo groups is 1. The first-order valence-corrected chi connectivity index (χ1v) is 10.5. The molecule has 152 valence electrons. The molecule has 0 saturated carbocycles. The van der Waals surface area contributed by atoms with Crippen LogP contribution in [0.4, 0.5) is 5.69 Å². The number of aromatic hydroxyl groups is 1. The van der Waals surface area contributed by atoms with Crippen LogP contribution in [0.5, 0.6) is 11.6 Å². The van der Waals surface area contributed by atoms with E-state index in [0.29, 0.717) is 16.7 Å². The van der Waals surface area contributed by atoms with Crippen molar-refractivity contribution < 1.29 is 14.6 Å². The summed E-state index contributed by atoms with van der Waals surface area (Å²) < 4.78 is 7.16. The summed E-state index contributed by atoms with van der Waals surface area (Å²) in [4.78, 5) is 15.0. The number of carbonyl (C=O) groups is 1. The van der Waals surface area contributed by atoms with Crippen molar-refractivity contribution in [1.29, 1.82) is 0 Å². The lowest BCUT2D eigenvalue weighted by Crippen LogP contribution is -2.12. The number of carbonyl (C=O) groups excluding carboxylic acids is 1. The standard InChI is InChI=1S/C21H21Br2N3O3/c1-11-7-12(21(2,3)4)5-6-16(11)29-10-17(27)25-26-19-14-8-13(22)9-15(23)18(14)24-20(19)28/h5-9,24,28H,10H2,1-4H3. The number of benzene rings is 2. The minimum absolute atomic E-state index is 0.0403. The molecule has 0 spiro atoms. The number of ether oxygens (including phenoxy) is 1. The molecule has 1 aromatic heterocycles. The highest BCUT2D eigenvalue weighted by atomic mass is 79.9. The van der Waals surface area contributed by atoms with Gasteiger partial charge in [-0.05, 0) is 57.6 Å². The Morgan fingerprint density at radius 3 is 2.59 bits per heavy atom. The molecule has 0 atom stereocenters. The Labute approximate surface area is 185 Å². The van der Waals surface area contributed by atoms with Gasteiger partial charge in [-0.2, -0.15) is 0 Å². The molecular formula is C21H21Br2N3O3. The molecule has 0 saturated heterocycles. The van der Waals surface area contributed by atoms with Gasteiger partial charge in [0.1, 0.15) is 5.75 Å². The second kappa shape index (κ2) is 8.28. The molecule has 0 aliphatic rings. The fraction of sp³-hybridized carbons (Fsp3) is 0.286. The maximum absolute atomic E-state index is 12.1. The third-order valence-corrected chi connectivity index (χ3v) is 5.51. The summed E-state index contributed by atoms with van der Waals surface area (Å²) in [6, 6.07) is 9.53. The van der Waals surface area contributed by atoms with Gasteiger partial charge in [-0.3, -0.25) is 4.79 Å². The summed E-state index contributed by atoms with van der Waals surface area (Å²) in [6.45, 7) is 8.13. The van der Waals surface area contributed by atoms with Crippen LogP contribution in [0.3, 0.4) is 0 Å². The summed E-state index contributed by atoms with van der Waals surface area (Å²) in [7, 11) is 0. The Balaban J connectivity index is 1.73. The first kappa shape index (κ1) is 21.5. The highest BCUT2D eigenvalue weighted by Gasteiger charge is 2.16. The number of aryl methyl sites for hydroxylation is 1. The number of aromatic amines is 1. The average Bonchev–Trinajstić information content (AvgIpc) is 2.93. The number of rotatable bonds is 4. The van der Waals surface area contributed by atoms with Gasteiger partial charge in [0.25, 0.3) is 0 Å². The number of nitrogens with one attached hydrogen (secondary N) is 1. The van der Waals surface area contributed by atoms with Crippen LogP contribution in [0.15, 0.2) is 49.5 Å². The molecule has 6 nitrogen and oxygen atoms in total. The van der Waals surface area contributed by atoms with Crippen LogP contribution in [0.2, 0.25) is 0 Å². The van der Waals surface area contributed by atoms with Gasteiger partial charge in [-0.15, -0.1) is 10.2 Å². The average molecular weight is 523 g/mol. The molecule has 0 radical (unpaired) electrons. The third kappa shape index (κ3) is 4.87. The minimum Gasteiger partial charge on any atom is -0.493 e. The third-order valence-electron chi connectivity index (χ3n) is 4.43. The van der Waals surface area contributed by atoms with Crippen LogP contribution in [-0.4, -0.2) is 22.6 Å². The number of hydrogen-bond donors (Lipinski definition) is 2. The first-order valence-electron chi connectivity index (χ1n) is 8.94. The van der Waals surface area contributed by atoms with Crippen LogP contribution in [0.1, 0.15) is 31.9 Å². The van der Waals surface area contributed by atoms with Gasteiger partial charge in [-0.25, -0.2) is 0 Å². The molecule has 8 heteroatoms. The zero-order valence-electron chi connectivity index (χ0n) is 16.5. The van der Waals surface area contributed by atoms with Gasteiger partial charge < -0.3 is 14.8 Å². The number of amides is 1. The Morgan fingerprint density at radius 1 is 1.21 bits per heavy atom. The van der Waals surface area contributed by atoms with Crippen molar-refractivity contribution in [2.24, 2.45) is 10.2 Å². The molecule has 0 aliphatic heterocycles. The molecule has 2 N–H and O–H groups in total. The molecule has 0 fully saturated rings. The molecule has 0 bridgehead atoms. The summed E-state index contributed by atoms with van der Waals surface area (Å²) in [5.41, 5.74) is 3.05. The van der Waals surface area contributed by atoms with Crippen molar-refractivity contribution in [2.45, 2.75) is 33.1 Å². The fourth-order valence-electron chi connectivity index (χ4n) is 2.85. The molecule has 1 amide bonds. The van der Waals surface area contributed by atoms with Gasteiger partial charge in [0.05, 0.1) is 5.52 Å². The molecule has 1 heterocycles. The Hall–Kier alpha value is -2.19. The zero-order chi connectivity index (χ0) is 21.3. The molecule has 2 aromatic carbocycles. The van der Waals surface area contributed by atoms with Crippen LogP contribution in [-0.2, 0) is 10.2 Å². The van der Waals surface area contributed by atoms with Crippen LogP contribution >= 0.6 is 31.9 Å². The SMILES string of the molecule is Cc1cc(C(C)(C)C)ccc1OCC(=O)N=Nc1c(O)[nH]c2c(Br)cc(Br)cc12. The van der Waals surface area contributed by atoms with Crippen molar-refractivity contribution in [1.82, 2.24) is 4.98 Å². The second-order valence-electron chi connectivity index (χ2n) is 7.75. The van der Waals surface area contributed by atoms with Crippen molar-refractivity contribution in [2.75, 3.05) is 6.61 Å². The van der Waals surface area contributed by atoms with E-state index in [1.54, 1.807) is 6.07 Å². The quantitative estimate of drug-likeness (QED) is 0.374. The molecule has 29 heavy (non-hydrogen) atoms. The van der Waals surface area contributed by atoms with Gasteiger partial charge in [0, 0.05) is 14.3 Å². The summed E-state index contributed by atoms with van der Waals surface area (Å²) >= 11 is 6.81. The van der Waals surface area contributed by atoms with E-state index in [4.69, 9.17) is 4.74 Å². The smallest absolute Gasteiger partial charge is 0.302 e. The van der Waals surface area contributed by atoms with Gasteiger partial charge in [0.2, 0.25) is 5.88 Å². The lowest BCUT2D eigenvalue weighted by Gasteiger charge is -2.20. The first-order chi connectivity index (χ1) is 13.6. The van der Waals surface area contributed by atoms with Crippen molar-refractivity contribution >= 4 is 54.4 Å². The fourth-order valence-corrected chi connectivity index (χ4v) is 4.17. The summed E-state index contributed by atoms with van der Waals surface area (Å²) in [5, 5.41) is 18.4. The Morgan fingerprint density at radius 2 is 1.93 bits per heavy atom. The van der Waals surface area contributed by atoms with Crippen LogP contribution < -0.4 is 4.74 Å². The van der Waals surface area contributed by atoms with Gasteiger partial charge in [-0.1, -0.05) is 48.8 Å². The van der Waals surface area contributed by atoms with E-state index in [0.717, 1.165) is 14.5 Å². The molecule has 0 unspecified atom stereocenters. The van der Waals surface area contributed by atoms with Gasteiger partial charge >= 0.3 is 5.91 Å². The van der Waals surface area contributed by atoms with E-state index in [2.05, 4.69) is 73.9 Å². The Bertz CT molecular complexity index is 1110. The van der Waals surface area contributed by atoms with E-state index < -0.39 is 5.91 Å². The largest absolute Gasteiger partial charge is 0.493 e. The number of halogens is 2. The number of H-pyrrole nitrogens is 1. The summed E-state index contributed by atoms with van der Waals surface area (Å²) in [5.74, 6) is -0.0821. The second-order valence-corrected chi connectivity index (χ2v) is 9.52. The summed E-state index contributed by atoms with van der Waals surface area (Å²) in [6.07, 6.45) is 0. The topological polar surface area (TPSA) is 87.0 Å². The zero-order valence-corrected chi connectivity index (χ0v) is 19.7. The number of fused-ring (bicyclic) bond motifs is 1. The van der Waals surface area contributed by atoms with E-state index in [-0.39, 0.29) is 23.6 Å². The van der Waals surface area contributed by atoms with Crippen LogP contribution in [0, 0.1) is 6.92 Å². The van der Waals surface area contributed by atoms with Crippen molar-refractivity contribution in [3.8, 4) is 11.6 Å². The van der Waals surface area contributed by atoms with Gasteiger partial charge in [0.15, 0.2) is 12.3 Å². The number of nitrogens with zero attached hydrogens (tertiary/aromatic N) is 2.